The molecule has 0 spiro atoms. The Labute approximate surface area is 119 Å². The molecule has 0 bridgehead atoms. The van der Waals surface area contributed by atoms with Crippen LogP contribution in [0.5, 0.6) is 0 Å². The average Bonchev–Trinajstić information content (AvgIpc) is 2.96. The molecule has 1 aromatic carbocycles. The van der Waals surface area contributed by atoms with Gasteiger partial charge in [0.25, 0.3) is 0 Å². The van der Waals surface area contributed by atoms with E-state index in [0.717, 1.165) is 43.6 Å². The molecule has 0 aliphatic carbocycles. The van der Waals surface area contributed by atoms with Crippen molar-refractivity contribution in [3.8, 4) is 0 Å². The topological polar surface area (TPSA) is 50.4 Å². The third-order valence-electron chi connectivity index (χ3n) is 4.28. The van der Waals surface area contributed by atoms with Crippen LogP contribution in [0.15, 0.2) is 18.2 Å². The third-order valence-corrected chi connectivity index (χ3v) is 4.28. The molecule has 4 heteroatoms. The number of fused-ring (bicyclic) bond motifs is 1. The van der Waals surface area contributed by atoms with Crippen molar-refractivity contribution < 1.29 is 9.53 Å². The van der Waals surface area contributed by atoms with E-state index in [9.17, 15) is 4.79 Å². The summed E-state index contributed by atoms with van der Waals surface area (Å²) in [5, 5.41) is 6.50. The van der Waals surface area contributed by atoms with Gasteiger partial charge in [0.15, 0.2) is 0 Å². The highest BCUT2D eigenvalue weighted by Crippen LogP contribution is 2.31. The summed E-state index contributed by atoms with van der Waals surface area (Å²) in [4.78, 5) is 12.5. The van der Waals surface area contributed by atoms with Gasteiger partial charge in [-0.25, -0.2) is 0 Å². The lowest BCUT2D eigenvalue weighted by Crippen LogP contribution is -2.29. The van der Waals surface area contributed by atoms with Gasteiger partial charge in [-0.2, -0.15) is 0 Å². The molecule has 20 heavy (non-hydrogen) atoms. The number of benzene rings is 1. The number of nitrogens with one attached hydrogen (secondary N) is 2. The molecule has 2 heterocycles. The largest absolute Gasteiger partial charge is 0.383 e. The van der Waals surface area contributed by atoms with Crippen LogP contribution >= 0.6 is 0 Å². The number of aryl methyl sites for hydroxylation is 1. The Bertz CT molecular complexity index is 501. The minimum Gasteiger partial charge on any atom is -0.383 e. The van der Waals surface area contributed by atoms with E-state index in [2.05, 4.69) is 23.6 Å². The van der Waals surface area contributed by atoms with E-state index in [1.54, 1.807) is 0 Å². The molecule has 2 unspecified atom stereocenters. The smallest absolute Gasteiger partial charge is 0.230 e. The minimum atomic E-state index is -0.0144. The molecule has 2 aliphatic rings. The lowest BCUT2D eigenvalue weighted by atomic mass is 9.97. The summed E-state index contributed by atoms with van der Waals surface area (Å²) in [6.07, 6.45) is 4.02. The van der Waals surface area contributed by atoms with Crippen LogP contribution < -0.4 is 10.6 Å². The van der Waals surface area contributed by atoms with Crippen molar-refractivity contribution in [3.05, 3.63) is 23.8 Å². The van der Waals surface area contributed by atoms with E-state index in [4.69, 9.17) is 4.74 Å². The van der Waals surface area contributed by atoms with E-state index >= 15 is 0 Å². The highest BCUT2D eigenvalue weighted by Gasteiger charge is 2.33. The number of hydrogen-bond acceptors (Lipinski definition) is 3. The maximum Gasteiger partial charge on any atom is 0.230 e. The van der Waals surface area contributed by atoms with Gasteiger partial charge in [0, 0.05) is 13.2 Å². The fourth-order valence-corrected chi connectivity index (χ4v) is 3.19. The number of carbonyl (C=O) groups is 1. The zero-order valence-electron chi connectivity index (χ0n) is 11.9. The first kappa shape index (κ1) is 13.4. The Kier molecular flexibility index (Phi) is 3.92. The Balaban J connectivity index is 1.76. The SMILES string of the molecule is CCC1OCCC1C(=O)Nc1cccc2c1NCCC2. The summed E-state index contributed by atoms with van der Waals surface area (Å²) in [7, 11) is 0. The van der Waals surface area contributed by atoms with E-state index in [1.165, 1.54) is 5.56 Å². The quantitative estimate of drug-likeness (QED) is 0.891. The average molecular weight is 274 g/mol. The highest BCUT2D eigenvalue weighted by atomic mass is 16.5. The predicted octanol–water partition coefficient (Wildman–Crippen LogP) is 2.80. The maximum absolute atomic E-state index is 12.5. The second-order valence-corrected chi connectivity index (χ2v) is 5.57. The molecule has 4 nitrogen and oxygen atoms in total. The fourth-order valence-electron chi connectivity index (χ4n) is 3.19. The molecule has 0 radical (unpaired) electrons. The van der Waals surface area contributed by atoms with Crippen LogP contribution in [0.1, 0.15) is 31.7 Å². The molecule has 2 N–H and O–H groups in total. The summed E-state index contributed by atoms with van der Waals surface area (Å²) in [5.74, 6) is 0.0783. The molecule has 0 saturated carbocycles. The van der Waals surface area contributed by atoms with Crippen LogP contribution in [0, 0.1) is 5.92 Å². The predicted molar refractivity (Wildman–Crippen MR) is 80.0 cm³/mol. The standard InChI is InChI=1S/C16H22N2O2/c1-2-14-12(8-10-20-14)16(19)18-13-7-3-5-11-6-4-9-17-15(11)13/h3,5,7,12,14,17H,2,4,6,8-10H2,1H3,(H,18,19). The van der Waals surface area contributed by atoms with Crippen LogP contribution in [0.2, 0.25) is 0 Å². The Morgan fingerprint density at radius 1 is 1.50 bits per heavy atom. The number of ether oxygens (including phenoxy) is 1. The van der Waals surface area contributed by atoms with Crippen LogP contribution in [0.25, 0.3) is 0 Å². The molecule has 2 aliphatic heterocycles. The van der Waals surface area contributed by atoms with Gasteiger partial charge in [0.05, 0.1) is 23.4 Å². The van der Waals surface area contributed by atoms with Gasteiger partial charge in [-0.15, -0.1) is 0 Å². The minimum absolute atomic E-state index is 0.0144. The van der Waals surface area contributed by atoms with Crippen molar-refractivity contribution in [2.45, 2.75) is 38.7 Å². The maximum atomic E-state index is 12.5. The lowest BCUT2D eigenvalue weighted by Gasteiger charge is -2.23. The number of hydrogen-bond donors (Lipinski definition) is 2. The number of amides is 1. The summed E-state index contributed by atoms with van der Waals surface area (Å²) in [6, 6.07) is 6.13. The van der Waals surface area contributed by atoms with Gasteiger partial charge in [0.2, 0.25) is 5.91 Å². The van der Waals surface area contributed by atoms with E-state index < -0.39 is 0 Å². The van der Waals surface area contributed by atoms with E-state index in [-0.39, 0.29) is 17.9 Å². The number of carbonyl (C=O) groups excluding carboxylic acids is 1. The third kappa shape index (κ3) is 2.52. The first-order valence-electron chi connectivity index (χ1n) is 7.58. The van der Waals surface area contributed by atoms with Gasteiger partial charge in [-0.1, -0.05) is 19.1 Å². The molecule has 2 atom stereocenters. The molecule has 1 saturated heterocycles. The Morgan fingerprint density at radius 3 is 3.25 bits per heavy atom. The van der Waals surface area contributed by atoms with Crippen molar-refractivity contribution in [3.63, 3.8) is 0 Å². The second-order valence-electron chi connectivity index (χ2n) is 5.57. The van der Waals surface area contributed by atoms with Crippen molar-refractivity contribution in [1.82, 2.24) is 0 Å². The monoisotopic (exact) mass is 274 g/mol. The molecular weight excluding hydrogens is 252 g/mol. The first-order chi connectivity index (χ1) is 9.79. The second kappa shape index (κ2) is 5.83. The Morgan fingerprint density at radius 2 is 2.40 bits per heavy atom. The normalized spacial score (nSPS) is 24.9. The number of rotatable bonds is 3. The van der Waals surface area contributed by atoms with Crippen LogP contribution in [-0.4, -0.2) is 25.2 Å². The number of anilines is 2. The van der Waals surface area contributed by atoms with Crippen molar-refractivity contribution in [1.29, 1.82) is 0 Å². The summed E-state index contributed by atoms with van der Waals surface area (Å²) in [5.41, 5.74) is 3.30. The summed E-state index contributed by atoms with van der Waals surface area (Å²) >= 11 is 0. The molecular formula is C16H22N2O2. The fraction of sp³-hybridized carbons (Fsp3) is 0.562. The van der Waals surface area contributed by atoms with Crippen LogP contribution in [0.4, 0.5) is 11.4 Å². The molecule has 3 rings (SSSR count). The first-order valence-corrected chi connectivity index (χ1v) is 7.58. The van der Waals surface area contributed by atoms with Crippen molar-refractivity contribution in [2.75, 3.05) is 23.8 Å². The van der Waals surface area contributed by atoms with E-state index in [0.29, 0.717) is 6.61 Å². The van der Waals surface area contributed by atoms with Crippen molar-refractivity contribution >= 4 is 17.3 Å². The number of para-hydroxylation sites is 1. The molecule has 108 valence electrons. The van der Waals surface area contributed by atoms with Gasteiger partial charge >= 0.3 is 0 Å². The zero-order valence-corrected chi connectivity index (χ0v) is 11.9. The van der Waals surface area contributed by atoms with Crippen LogP contribution in [0.3, 0.4) is 0 Å². The van der Waals surface area contributed by atoms with Gasteiger partial charge in [-0.05, 0) is 37.3 Å². The molecule has 1 amide bonds. The highest BCUT2D eigenvalue weighted by molar-refractivity contribution is 5.96. The van der Waals surface area contributed by atoms with E-state index in [1.807, 2.05) is 12.1 Å². The van der Waals surface area contributed by atoms with Gasteiger partial charge in [0.1, 0.15) is 0 Å². The summed E-state index contributed by atoms with van der Waals surface area (Å²) < 4.78 is 5.61. The van der Waals surface area contributed by atoms with Gasteiger partial charge in [-0.3, -0.25) is 4.79 Å². The Hall–Kier alpha value is -1.55. The zero-order chi connectivity index (χ0) is 13.9. The lowest BCUT2D eigenvalue weighted by molar-refractivity contribution is -0.121. The van der Waals surface area contributed by atoms with Crippen LogP contribution in [-0.2, 0) is 16.0 Å². The molecule has 0 aromatic heterocycles. The van der Waals surface area contributed by atoms with Crippen molar-refractivity contribution in [2.24, 2.45) is 5.92 Å². The molecule has 1 aromatic rings. The van der Waals surface area contributed by atoms with Gasteiger partial charge < -0.3 is 15.4 Å². The summed E-state index contributed by atoms with van der Waals surface area (Å²) in [6.45, 7) is 3.74. The molecule has 1 fully saturated rings.